The number of aliphatic hydroxyl groups is 1. The van der Waals surface area contributed by atoms with Gasteiger partial charge < -0.3 is 14.6 Å². The summed E-state index contributed by atoms with van der Waals surface area (Å²) in [5.74, 6) is 0.931. The summed E-state index contributed by atoms with van der Waals surface area (Å²) in [4.78, 5) is 6.40. The van der Waals surface area contributed by atoms with Crippen LogP contribution in [-0.4, -0.2) is 33.9 Å². The van der Waals surface area contributed by atoms with Crippen molar-refractivity contribution >= 4 is 5.95 Å². The van der Waals surface area contributed by atoms with Crippen molar-refractivity contribution in [3.8, 4) is 0 Å². The van der Waals surface area contributed by atoms with Gasteiger partial charge in [-0.15, -0.1) is 0 Å². The molecule has 0 bridgehead atoms. The molecule has 1 aromatic heterocycles. The van der Waals surface area contributed by atoms with Crippen LogP contribution in [0.2, 0.25) is 0 Å². The molecule has 0 spiro atoms. The van der Waals surface area contributed by atoms with Gasteiger partial charge in [-0.25, -0.2) is 4.98 Å². The Kier molecular flexibility index (Phi) is 2.95. The lowest BCUT2D eigenvalue weighted by atomic mass is 9.92. The highest BCUT2D eigenvalue weighted by Gasteiger charge is 2.28. The quantitative estimate of drug-likeness (QED) is 0.794. The van der Waals surface area contributed by atoms with Gasteiger partial charge in [-0.05, 0) is 12.8 Å². The zero-order valence-corrected chi connectivity index (χ0v) is 9.43. The molecule has 0 radical (unpaired) electrons. The van der Waals surface area contributed by atoms with Gasteiger partial charge in [0.25, 0.3) is 0 Å². The highest BCUT2D eigenvalue weighted by molar-refractivity contribution is 5.32. The van der Waals surface area contributed by atoms with Crippen LogP contribution in [0.4, 0.5) is 5.95 Å². The van der Waals surface area contributed by atoms with E-state index in [1.807, 2.05) is 24.9 Å². The van der Waals surface area contributed by atoms with Crippen molar-refractivity contribution < 1.29 is 5.11 Å². The summed E-state index contributed by atoms with van der Waals surface area (Å²) >= 11 is 0. The highest BCUT2D eigenvalue weighted by atomic mass is 16.3. The van der Waals surface area contributed by atoms with Crippen molar-refractivity contribution in [1.29, 1.82) is 0 Å². The normalized spacial score (nSPS) is 26.6. The fraction of sp³-hybridized carbons (Fsp3) is 0.727. The average molecular weight is 209 g/mol. The summed E-state index contributed by atoms with van der Waals surface area (Å²) in [6.07, 6.45) is 7.84. The van der Waals surface area contributed by atoms with Gasteiger partial charge in [0.15, 0.2) is 0 Å². The van der Waals surface area contributed by atoms with Gasteiger partial charge in [0.2, 0.25) is 5.95 Å². The first kappa shape index (κ1) is 10.5. The minimum Gasteiger partial charge on any atom is -0.391 e. The number of rotatable bonds is 2. The molecule has 2 unspecified atom stereocenters. The van der Waals surface area contributed by atoms with Crippen LogP contribution in [0.1, 0.15) is 25.7 Å². The Morgan fingerprint density at radius 1 is 1.47 bits per heavy atom. The fourth-order valence-corrected chi connectivity index (χ4v) is 2.39. The number of aryl methyl sites for hydroxylation is 1. The van der Waals surface area contributed by atoms with Gasteiger partial charge >= 0.3 is 0 Å². The Balaban J connectivity index is 2.13. The van der Waals surface area contributed by atoms with E-state index < -0.39 is 0 Å². The molecular formula is C11H19N3O. The third-order valence-corrected chi connectivity index (χ3v) is 3.30. The van der Waals surface area contributed by atoms with Crippen molar-refractivity contribution in [2.45, 2.75) is 37.8 Å². The van der Waals surface area contributed by atoms with E-state index in [4.69, 9.17) is 0 Å². The lowest BCUT2D eigenvalue weighted by Gasteiger charge is -2.35. The van der Waals surface area contributed by atoms with Crippen molar-refractivity contribution in [2.75, 3.05) is 11.9 Å². The lowest BCUT2D eigenvalue weighted by molar-refractivity contribution is 0.105. The maximum absolute atomic E-state index is 9.95. The topological polar surface area (TPSA) is 41.3 Å². The van der Waals surface area contributed by atoms with Crippen LogP contribution in [0, 0.1) is 0 Å². The van der Waals surface area contributed by atoms with Gasteiger partial charge in [-0.2, -0.15) is 0 Å². The van der Waals surface area contributed by atoms with Gasteiger partial charge in [-0.3, -0.25) is 0 Å². The Bertz CT molecular complexity index is 323. The molecule has 15 heavy (non-hydrogen) atoms. The van der Waals surface area contributed by atoms with Crippen molar-refractivity contribution in [3.63, 3.8) is 0 Å². The van der Waals surface area contributed by atoms with Gasteiger partial charge in [0.05, 0.1) is 12.1 Å². The van der Waals surface area contributed by atoms with E-state index in [-0.39, 0.29) is 12.1 Å². The summed E-state index contributed by atoms with van der Waals surface area (Å²) in [5, 5.41) is 9.95. The first-order valence-electron chi connectivity index (χ1n) is 5.58. The number of aromatic nitrogens is 2. The molecule has 1 aliphatic rings. The summed E-state index contributed by atoms with van der Waals surface area (Å²) in [7, 11) is 4.00. The minimum absolute atomic E-state index is 0.208. The molecule has 4 nitrogen and oxygen atoms in total. The third-order valence-electron chi connectivity index (χ3n) is 3.30. The van der Waals surface area contributed by atoms with Crippen molar-refractivity contribution in [3.05, 3.63) is 12.4 Å². The Morgan fingerprint density at radius 2 is 2.20 bits per heavy atom. The molecule has 4 heteroatoms. The van der Waals surface area contributed by atoms with Gasteiger partial charge in [0, 0.05) is 26.5 Å². The largest absolute Gasteiger partial charge is 0.391 e. The second kappa shape index (κ2) is 4.23. The SMILES string of the molecule is CN(c1nccn1C)C1CCCCC1O. The van der Waals surface area contributed by atoms with Crippen LogP contribution in [-0.2, 0) is 7.05 Å². The first-order valence-corrected chi connectivity index (χ1v) is 5.58. The van der Waals surface area contributed by atoms with E-state index in [0.717, 1.165) is 25.2 Å². The second-order valence-electron chi connectivity index (χ2n) is 4.37. The zero-order chi connectivity index (χ0) is 10.8. The number of aliphatic hydroxyl groups excluding tert-OH is 1. The van der Waals surface area contributed by atoms with Crippen molar-refractivity contribution in [2.24, 2.45) is 7.05 Å². The van der Waals surface area contributed by atoms with E-state index >= 15 is 0 Å². The summed E-state index contributed by atoms with van der Waals surface area (Å²) in [6, 6.07) is 0.222. The van der Waals surface area contributed by atoms with Crippen molar-refractivity contribution in [1.82, 2.24) is 9.55 Å². The van der Waals surface area contributed by atoms with Gasteiger partial charge in [0.1, 0.15) is 0 Å². The minimum atomic E-state index is -0.208. The lowest BCUT2D eigenvalue weighted by Crippen LogP contribution is -2.44. The van der Waals surface area contributed by atoms with E-state index in [1.54, 1.807) is 6.20 Å². The number of imidazole rings is 1. The van der Waals surface area contributed by atoms with Crippen LogP contribution in [0.25, 0.3) is 0 Å². The van der Waals surface area contributed by atoms with E-state index in [9.17, 15) is 5.11 Å². The van der Waals surface area contributed by atoms with Crippen LogP contribution in [0.5, 0.6) is 0 Å². The number of hydrogen-bond acceptors (Lipinski definition) is 3. The maximum Gasteiger partial charge on any atom is 0.205 e. The average Bonchev–Trinajstić information content (AvgIpc) is 2.64. The molecule has 2 rings (SSSR count). The molecule has 1 fully saturated rings. The standard InChI is InChI=1S/C11H19N3O/c1-13-8-7-12-11(13)14(2)9-5-3-4-6-10(9)15/h7-10,15H,3-6H2,1-2H3. The highest BCUT2D eigenvalue weighted by Crippen LogP contribution is 2.25. The number of nitrogens with zero attached hydrogens (tertiary/aromatic N) is 3. The molecule has 1 heterocycles. The molecule has 0 aliphatic heterocycles. The molecule has 1 N–H and O–H groups in total. The predicted octanol–water partition coefficient (Wildman–Crippen LogP) is 1.16. The number of hydrogen-bond donors (Lipinski definition) is 1. The Labute approximate surface area is 90.5 Å². The summed E-state index contributed by atoms with van der Waals surface area (Å²) < 4.78 is 1.99. The second-order valence-corrected chi connectivity index (χ2v) is 4.37. The first-order chi connectivity index (χ1) is 7.20. The van der Waals surface area contributed by atoms with Gasteiger partial charge in [-0.1, -0.05) is 12.8 Å². The molecule has 0 saturated heterocycles. The molecular weight excluding hydrogens is 190 g/mol. The van der Waals surface area contributed by atoms with Crippen LogP contribution >= 0.6 is 0 Å². The molecule has 84 valence electrons. The third kappa shape index (κ3) is 2.00. The van der Waals surface area contributed by atoms with Crippen LogP contribution in [0.3, 0.4) is 0 Å². The number of likely N-dealkylation sites (N-methyl/N-ethyl adjacent to an activating group) is 1. The van der Waals surface area contributed by atoms with E-state index in [2.05, 4.69) is 9.88 Å². The molecule has 1 aliphatic carbocycles. The fourth-order valence-electron chi connectivity index (χ4n) is 2.39. The molecule has 0 aromatic carbocycles. The summed E-state index contributed by atoms with van der Waals surface area (Å²) in [6.45, 7) is 0. The molecule has 0 amide bonds. The van der Waals surface area contributed by atoms with E-state index in [1.165, 1.54) is 6.42 Å². The van der Waals surface area contributed by atoms with Crippen LogP contribution in [0.15, 0.2) is 12.4 Å². The smallest absolute Gasteiger partial charge is 0.205 e. The zero-order valence-electron chi connectivity index (χ0n) is 9.43. The molecule has 1 saturated carbocycles. The number of anilines is 1. The molecule has 2 atom stereocenters. The Morgan fingerprint density at radius 3 is 2.80 bits per heavy atom. The maximum atomic E-state index is 9.95. The predicted molar refractivity (Wildman–Crippen MR) is 59.9 cm³/mol. The monoisotopic (exact) mass is 209 g/mol. The Hall–Kier alpha value is -1.03. The van der Waals surface area contributed by atoms with E-state index in [0.29, 0.717) is 0 Å². The molecule has 1 aromatic rings. The van der Waals surface area contributed by atoms with Crippen LogP contribution < -0.4 is 4.90 Å². The summed E-state index contributed by atoms with van der Waals surface area (Å²) in [5.41, 5.74) is 0.